The first-order valence-corrected chi connectivity index (χ1v) is 14.0. The maximum absolute atomic E-state index is 5.62. The molecule has 188 valence electrons. The zero-order valence-electron chi connectivity index (χ0n) is 20.1. The van der Waals surface area contributed by atoms with Gasteiger partial charge in [0.05, 0.1) is 72.7 Å². The highest BCUT2D eigenvalue weighted by Gasteiger charge is 1.95. The van der Waals surface area contributed by atoms with Crippen molar-refractivity contribution in [2.45, 2.75) is 71.1 Å². The second-order valence-corrected chi connectivity index (χ2v) is 8.62. The van der Waals surface area contributed by atoms with Gasteiger partial charge in [0.2, 0.25) is 0 Å². The van der Waals surface area contributed by atoms with Crippen LogP contribution in [0.3, 0.4) is 0 Å². The summed E-state index contributed by atoms with van der Waals surface area (Å²) in [5.41, 5.74) is 0. The minimum Gasteiger partial charge on any atom is -0.379 e. The van der Waals surface area contributed by atoms with Gasteiger partial charge >= 0.3 is 0 Å². The Morgan fingerprint density at radius 2 is 0.645 bits per heavy atom. The van der Waals surface area contributed by atoms with Gasteiger partial charge in [0, 0.05) is 11.0 Å². The molecule has 0 saturated heterocycles. The van der Waals surface area contributed by atoms with Crippen molar-refractivity contribution in [1.82, 2.24) is 0 Å². The highest BCUT2D eigenvalue weighted by atomic mass is 127. The van der Waals surface area contributed by atoms with Crippen LogP contribution in [-0.2, 0) is 28.4 Å². The van der Waals surface area contributed by atoms with Gasteiger partial charge in [0.25, 0.3) is 0 Å². The molecule has 0 radical (unpaired) electrons. The first-order chi connectivity index (χ1) is 15.4. The Morgan fingerprint density at radius 1 is 0.355 bits per heavy atom. The first-order valence-electron chi connectivity index (χ1n) is 12.4. The molecule has 0 aliphatic carbocycles. The fourth-order valence-corrected chi connectivity index (χ4v) is 3.26. The normalized spacial score (nSPS) is 11.4. The Hall–Kier alpha value is 0.490. The maximum Gasteiger partial charge on any atom is 0.0701 e. The lowest BCUT2D eigenvalue weighted by molar-refractivity contribution is -0.0161. The molecule has 0 saturated carbocycles. The Morgan fingerprint density at radius 3 is 1.00 bits per heavy atom. The van der Waals surface area contributed by atoms with Gasteiger partial charge < -0.3 is 28.4 Å². The molecule has 0 rings (SSSR count). The van der Waals surface area contributed by atoms with Crippen molar-refractivity contribution >= 4 is 22.6 Å². The van der Waals surface area contributed by atoms with Crippen molar-refractivity contribution in [3.63, 3.8) is 0 Å². The number of hydrogen-bond donors (Lipinski definition) is 0. The van der Waals surface area contributed by atoms with E-state index in [2.05, 4.69) is 29.5 Å². The van der Waals surface area contributed by atoms with Crippen LogP contribution in [0.15, 0.2) is 0 Å². The number of hydrogen-bond acceptors (Lipinski definition) is 6. The second kappa shape index (κ2) is 30.5. The summed E-state index contributed by atoms with van der Waals surface area (Å²) in [5, 5.41) is 0. The summed E-state index contributed by atoms with van der Waals surface area (Å²) in [6, 6.07) is 0. The van der Waals surface area contributed by atoms with E-state index in [1.54, 1.807) is 0 Å². The summed E-state index contributed by atoms with van der Waals surface area (Å²) < 4.78 is 33.8. The van der Waals surface area contributed by atoms with Gasteiger partial charge in [-0.1, -0.05) is 87.3 Å². The average molecular weight is 561 g/mol. The van der Waals surface area contributed by atoms with Gasteiger partial charge in [-0.25, -0.2) is 0 Å². The third kappa shape index (κ3) is 30.5. The third-order valence-corrected chi connectivity index (χ3v) is 5.16. The van der Waals surface area contributed by atoms with E-state index in [1.807, 2.05) is 0 Å². The SMILES string of the molecule is CCCCCCCCCCCCOCCOCCOCCOCCOCCOCCI. The minimum absolute atomic E-state index is 0.580. The van der Waals surface area contributed by atoms with Crippen LogP contribution in [0.5, 0.6) is 0 Å². The van der Waals surface area contributed by atoms with Gasteiger partial charge in [-0.2, -0.15) is 0 Å². The molecular formula is C24H49IO6. The highest BCUT2D eigenvalue weighted by molar-refractivity contribution is 14.1. The lowest BCUT2D eigenvalue weighted by Gasteiger charge is -2.08. The average Bonchev–Trinajstić information content (AvgIpc) is 2.78. The molecular weight excluding hydrogens is 511 g/mol. The molecule has 0 spiro atoms. The Kier molecular flexibility index (Phi) is 31.0. The number of unbranched alkanes of at least 4 members (excludes halogenated alkanes) is 9. The second-order valence-electron chi connectivity index (χ2n) is 7.55. The van der Waals surface area contributed by atoms with Crippen molar-refractivity contribution in [2.24, 2.45) is 0 Å². The van der Waals surface area contributed by atoms with E-state index in [0.29, 0.717) is 66.1 Å². The van der Waals surface area contributed by atoms with Crippen LogP contribution in [-0.4, -0.2) is 83.7 Å². The van der Waals surface area contributed by atoms with Crippen molar-refractivity contribution in [1.29, 1.82) is 0 Å². The van der Waals surface area contributed by atoms with Gasteiger partial charge in [-0.05, 0) is 6.42 Å². The van der Waals surface area contributed by atoms with E-state index in [4.69, 9.17) is 28.4 Å². The standard InChI is InChI=1S/C24H49IO6/c1-2-3-4-5-6-7-8-9-10-11-13-26-15-17-28-19-21-30-23-24-31-22-20-29-18-16-27-14-12-25/h2-24H2,1H3. The van der Waals surface area contributed by atoms with E-state index >= 15 is 0 Å². The Labute approximate surface area is 205 Å². The molecule has 7 heteroatoms. The summed E-state index contributed by atoms with van der Waals surface area (Å²) in [4.78, 5) is 0. The molecule has 0 amide bonds. The van der Waals surface area contributed by atoms with E-state index in [9.17, 15) is 0 Å². The molecule has 0 N–H and O–H groups in total. The molecule has 0 aromatic heterocycles. The van der Waals surface area contributed by atoms with Crippen LogP contribution in [0.4, 0.5) is 0 Å². The maximum atomic E-state index is 5.62. The van der Waals surface area contributed by atoms with Crippen molar-refractivity contribution in [2.75, 3.05) is 83.7 Å². The van der Waals surface area contributed by atoms with Crippen LogP contribution in [0, 0.1) is 0 Å². The van der Waals surface area contributed by atoms with Crippen LogP contribution in [0.2, 0.25) is 0 Å². The lowest BCUT2D eigenvalue weighted by atomic mass is 10.1. The monoisotopic (exact) mass is 560 g/mol. The lowest BCUT2D eigenvalue weighted by Crippen LogP contribution is -2.14. The molecule has 0 bridgehead atoms. The number of ether oxygens (including phenoxy) is 6. The molecule has 0 aliphatic rings. The van der Waals surface area contributed by atoms with Crippen molar-refractivity contribution in [3.8, 4) is 0 Å². The topological polar surface area (TPSA) is 55.4 Å². The highest BCUT2D eigenvalue weighted by Crippen LogP contribution is 2.10. The fraction of sp³-hybridized carbons (Fsp3) is 1.00. The quantitative estimate of drug-likeness (QED) is 0.0722. The van der Waals surface area contributed by atoms with Crippen LogP contribution >= 0.6 is 22.6 Å². The third-order valence-electron chi connectivity index (χ3n) is 4.72. The van der Waals surface area contributed by atoms with Crippen LogP contribution < -0.4 is 0 Å². The molecule has 0 aromatic carbocycles. The fourth-order valence-electron chi connectivity index (χ4n) is 2.95. The zero-order valence-corrected chi connectivity index (χ0v) is 22.2. The largest absolute Gasteiger partial charge is 0.379 e. The summed E-state index contributed by atoms with van der Waals surface area (Å²) in [5.74, 6) is 0. The Bertz CT molecular complexity index is 282. The molecule has 0 aliphatic heterocycles. The number of rotatable bonds is 28. The summed E-state index contributed by atoms with van der Waals surface area (Å²) in [6.07, 6.45) is 13.5. The van der Waals surface area contributed by atoms with Crippen molar-refractivity contribution in [3.05, 3.63) is 0 Å². The first kappa shape index (κ1) is 31.5. The molecule has 0 unspecified atom stereocenters. The van der Waals surface area contributed by atoms with E-state index < -0.39 is 0 Å². The molecule has 0 aromatic rings. The smallest absolute Gasteiger partial charge is 0.0701 e. The molecule has 0 atom stereocenters. The minimum atomic E-state index is 0.580. The van der Waals surface area contributed by atoms with Crippen molar-refractivity contribution < 1.29 is 28.4 Å². The van der Waals surface area contributed by atoms with Crippen LogP contribution in [0.1, 0.15) is 71.1 Å². The predicted molar refractivity (Wildman–Crippen MR) is 136 cm³/mol. The molecule has 6 nitrogen and oxygen atoms in total. The zero-order chi connectivity index (χ0) is 22.5. The van der Waals surface area contributed by atoms with Gasteiger partial charge in [-0.15, -0.1) is 0 Å². The summed E-state index contributed by atoms with van der Waals surface area (Å²) >= 11 is 2.29. The molecule has 31 heavy (non-hydrogen) atoms. The molecule has 0 fully saturated rings. The summed E-state index contributed by atoms with van der Waals surface area (Å²) in [7, 11) is 0. The Balaban J connectivity index is 2.98. The summed E-state index contributed by atoms with van der Waals surface area (Å²) in [6.45, 7) is 10.0. The van der Waals surface area contributed by atoms with Gasteiger partial charge in [-0.3, -0.25) is 0 Å². The number of alkyl halides is 1. The molecule has 0 heterocycles. The number of halogens is 1. The van der Waals surface area contributed by atoms with Gasteiger partial charge in [0.1, 0.15) is 0 Å². The van der Waals surface area contributed by atoms with E-state index in [-0.39, 0.29) is 0 Å². The van der Waals surface area contributed by atoms with E-state index in [0.717, 1.165) is 24.1 Å². The van der Waals surface area contributed by atoms with Gasteiger partial charge in [0.15, 0.2) is 0 Å². The van der Waals surface area contributed by atoms with Crippen LogP contribution in [0.25, 0.3) is 0 Å². The van der Waals surface area contributed by atoms with E-state index in [1.165, 1.54) is 57.8 Å². The predicted octanol–water partition coefficient (Wildman–Crippen LogP) is 5.44.